The zero-order chi connectivity index (χ0) is 11.0. The molecule has 0 aliphatic carbocycles. The molecule has 1 aliphatic rings. The van der Waals surface area contributed by atoms with Crippen molar-refractivity contribution in [3.05, 3.63) is 10.8 Å². The predicted molar refractivity (Wildman–Crippen MR) is 63.6 cm³/mol. The van der Waals surface area contributed by atoms with E-state index in [9.17, 15) is 4.79 Å². The molecule has 2 rings (SSSR count). The summed E-state index contributed by atoms with van der Waals surface area (Å²) in [6.45, 7) is 0.549. The number of H-pyrrole nitrogens is 1. The van der Waals surface area contributed by atoms with Gasteiger partial charge in [-0.1, -0.05) is 0 Å². The first-order valence-electron chi connectivity index (χ1n) is 4.41. The fourth-order valence-corrected chi connectivity index (χ4v) is 2.04. The van der Waals surface area contributed by atoms with Gasteiger partial charge in [-0.3, -0.25) is 9.69 Å². The second kappa shape index (κ2) is 3.82. The normalized spacial score (nSPS) is 21.0. The average Bonchev–Trinajstić information content (AvgIpc) is 2.43. The molecule has 2 heterocycles. The van der Waals surface area contributed by atoms with E-state index in [2.05, 4.69) is 22.6 Å². The van der Waals surface area contributed by atoms with E-state index in [1.165, 1.54) is 0 Å². The summed E-state index contributed by atoms with van der Waals surface area (Å²) in [5.41, 5.74) is 5.59. The van der Waals surface area contributed by atoms with Crippen molar-refractivity contribution in [1.82, 2.24) is 9.97 Å². The number of aromatic nitrogens is 2. The van der Waals surface area contributed by atoms with Gasteiger partial charge in [0.05, 0.1) is 0 Å². The highest BCUT2D eigenvalue weighted by atomic mass is 32.1. The lowest BCUT2D eigenvalue weighted by Gasteiger charge is -2.14. The van der Waals surface area contributed by atoms with Crippen LogP contribution in [0.5, 0.6) is 0 Å². The summed E-state index contributed by atoms with van der Waals surface area (Å²) in [7, 11) is 0. The molecule has 1 amide bonds. The number of rotatable bonds is 1. The van der Waals surface area contributed by atoms with Gasteiger partial charge in [0.2, 0.25) is 5.91 Å². The summed E-state index contributed by atoms with van der Waals surface area (Å²) in [6.07, 6.45) is 0.427. The minimum atomic E-state index is 0.00231. The number of hydrogen-bond donors (Lipinski definition) is 3. The number of carbonyl (C=O) groups is 1. The molecule has 0 spiro atoms. The highest BCUT2D eigenvalue weighted by Crippen LogP contribution is 2.22. The topological polar surface area (TPSA) is 75.0 Å². The number of anilines is 2. The highest BCUT2D eigenvalue weighted by molar-refractivity contribution is 7.81. The molecule has 1 saturated heterocycles. The van der Waals surface area contributed by atoms with Gasteiger partial charge in [-0.15, -0.1) is 0 Å². The molecule has 7 heteroatoms. The number of nitrogen functional groups attached to an aromatic ring is 1. The van der Waals surface area contributed by atoms with Gasteiger partial charge in [0, 0.05) is 24.3 Å². The molecular formula is C8H10N4OS2. The van der Waals surface area contributed by atoms with Gasteiger partial charge >= 0.3 is 0 Å². The van der Waals surface area contributed by atoms with Crippen molar-refractivity contribution < 1.29 is 4.79 Å². The van der Waals surface area contributed by atoms with Crippen molar-refractivity contribution in [2.45, 2.75) is 11.7 Å². The molecule has 0 bridgehead atoms. The maximum Gasteiger partial charge on any atom is 0.229 e. The number of nitrogens with two attached hydrogens (primary N) is 1. The fraction of sp³-hybridized carbons (Fsp3) is 0.375. The summed E-state index contributed by atoms with van der Waals surface area (Å²) >= 11 is 9.14. The van der Waals surface area contributed by atoms with Crippen LogP contribution in [0, 0.1) is 4.77 Å². The zero-order valence-corrected chi connectivity index (χ0v) is 9.52. The van der Waals surface area contributed by atoms with Crippen LogP contribution in [0.2, 0.25) is 0 Å². The standard InChI is InChI=1S/C8H10N4OS2/c9-5-2-6(11-8(15)10-5)12-3-4(14)1-7(12)13/h2,4,14H,1,3H2,(H3,9,10,11,15). The molecular weight excluding hydrogens is 232 g/mol. The number of amides is 1. The van der Waals surface area contributed by atoms with Crippen LogP contribution in [0.15, 0.2) is 6.07 Å². The van der Waals surface area contributed by atoms with E-state index < -0.39 is 0 Å². The number of nitrogens with one attached hydrogen (secondary N) is 1. The largest absolute Gasteiger partial charge is 0.385 e. The fourth-order valence-electron chi connectivity index (χ4n) is 1.51. The Hall–Kier alpha value is -1.08. The van der Waals surface area contributed by atoms with Gasteiger partial charge in [0.1, 0.15) is 11.6 Å². The molecule has 0 aromatic carbocycles. The van der Waals surface area contributed by atoms with E-state index in [0.717, 1.165) is 0 Å². The van der Waals surface area contributed by atoms with Crippen LogP contribution in [-0.4, -0.2) is 27.7 Å². The number of nitrogens with zero attached hydrogens (tertiary/aromatic N) is 2. The monoisotopic (exact) mass is 242 g/mol. The Kier molecular flexibility index (Phi) is 2.66. The van der Waals surface area contributed by atoms with Crippen molar-refractivity contribution in [2.75, 3.05) is 17.2 Å². The SMILES string of the molecule is Nc1cc(N2CC(S)CC2=O)nc(=S)[nH]1. The third kappa shape index (κ3) is 2.13. The van der Waals surface area contributed by atoms with Gasteiger partial charge < -0.3 is 10.7 Å². The maximum absolute atomic E-state index is 11.6. The molecule has 1 unspecified atom stereocenters. The Balaban J connectivity index is 2.37. The predicted octanol–water partition coefficient (Wildman–Crippen LogP) is 0.756. The molecule has 5 nitrogen and oxygen atoms in total. The smallest absolute Gasteiger partial charge is 0.229 e. The molecule has 15 heavy (non-hydrogen) atoms. The number of hydrogen-bond acceptors (Lipinski definition) is 5. The van der Waals surface area contributed by atoms with Crippen LogP contribution in [0.4, 0.5) is 11.6 Å². The third-order valence-electron chi connectivity index (χ3n) is 2.13. The summed E-state index contributed by atoms with van der Waals surface area (Å²) in [5, 5.41) is 0.0540. The molecule has 3 N–H and O–H groups in total. The first kappa shape index (κ1) is 10.4. The Labute approximate surface area is 97.1 Å². The van der Waals surface area contributed by atoms with Crippen LogP contribution in [0.3, 0.4) is 0 Å². The summed E-state index contributed by atoms with van der Waals surface area (Å²) in [6, 6.07) is 1.60. The number of carbonyl (C=O) groups excluding carboxylic acids is 1. The second-order valence-electron chi connectivity index (χ2n) is 3.36. The Bertz CT molecular complexity index is 458. The first-order valence-corrected chi connectivity index (χ1v) is 5.34. The van der Waals surface area contributed by atoms with Crippen LogP contribution < -0.4 is 10.6 Å². The van der Waals surface area contributed by atoms with Gasteiger partial charge in [0.15, 0.2) is 4.77 Å². The van der Waals surface area contributed by atoms with Crippen LogP contribution in [0.25, 0.3) is 0 Å². The first-order chi connectivity index (χ1) is 7.06. The van der Waals surface area contributed by atoms with Crippen molar-refractivity contribution >= 4 is 42.4 Å². The van der Waals surface area contributed by atoms with E-state index in [4.69, 9.17) is 18.0 Å². The molecule has 80 valence electrons. The minimum absolute atomic E-state index is 0.00231. The summed E-state index contributed by atoms with van der Waals surface area (Å²) < 4.78 is 0.278. The highest BCUT2D eigenvalue weighted by Gasteiger charge is 2.29. The van der Waals surface area contributed by atoms with Crippen LogP contribution in [0.1, 0.15) is 6.42 Å². The number of aromatic amines is 1. The van der Waals surface area contributed by atoms with Gasteiger partial charge in [-0.2, -0.15) is 12.6 Å². The van der Waals surface area contributed by atoms with Crippen molar-refractivity contribution in [2.24, 2.45) is 0 Å². The summed E-state index contributed by atoms with van der Waals surface area (Å²) in [4.78, 5) is 19.8. The second-order valence-corrected chi connectivity index (χ2v) is 4.48. The van der Waals surface area contributed by atoms with Crippen molar-refractivity contribution in [3.63, 3.8) is 0 Å². The lowest BCUT2D eigenvalue weighted by atomic mass is 10.4. The van der Waals surface area contributed by atoms with E-state index in [-0.39, 0.29) is 15.9 Å². The lowest BCUT2D eigenvalue weighted by molar-refractivity contribution is -0.117. The minimum Gasteiger partial charge on any atom is -0.385 e. The molecule has 1 aromatic heterocycles. The van der Waals surface area contributed by atoms with Gasteiger partial charge in [0.25, 0.3) is 0 Å². The van der Waals surface area contributed by atoms with E-state index in [0.29, 0.717) is 24.6 Å². The molecule has 1 aromatic rings. The third-order valence-corrected chi connectivity index (χ3v) is 2.67. The maximum atomic E-state index is 11.6. The van der Waals surface area contributed by atoms with Crippen molar-refractivity contribution in [3.8, 4) is 0 Å². The molecule has 0 saturated carbocycles. The van der Waals surface area contributed by atoms with Crippen LogP contribution >= 0.6 is 24.8 Å². The van der Waals surface area contributed by atoms with E-state index in [1.54, 1.807) is 11.0 Å². The number of thiol groups is 1. The quantitative estimate of drug-likeness (QED) is 0.502. The Morgan fingerprint density at radius 1 is 1.73 bits per heavy atom. The zero-order valence-electron chi connectivity index (χ0n) is 7.80. The molecule has 1 atom stereocenters. The van der Waals surface area contributed by atoms with Gasteiger partial charge in [-0.25, -0.2) is 4.98 Å². The molecule has 1 aliphatic heterocycles. The van der Waals surface area contributed by atoms with E-state index >= 15 is 0 Å². The lowest BCUT2D eigenvalue weighted by Crippen LogP contribution is -2.26. The Morgan fingerprint density at radius 2 is 2.47 bits per heavy atom. The Morgan fingerprint density at radius 3 is 3.00 bits per heavy atom. The summed E-state index contributed by atoms with van der Waals surface area (Å²) in [5.74, 6) is 0.903. The van der Waals surface area contributed by atoms with Crippen molar-refractivity contribution in [1.29, 1.82) is 0 Å². The van der Waals surface area contributed by atoms with Gasteiger partial charge in [-0.05, 0) is 12.2 Å². The molecule has 1 fully saturated rings. The average molecular weight is 242 g/mol. The van der Waals surface area contributed by atoms with Crippen LogP contribution in [-0.2, 0) is 4.79 Å². The van der Waals surface area contributed by atoms with E-state index in [1.807, 2.05) is 0 Å². The molecule has 0 radical (unpaired) electrons.